The Morgan fingerprint density at radius 2 is 1.27 bits per heavy atom. The molecular formula is C28H42N2O3. The SMILES string of the molecule is CCCCCCCCCCCCNC(=O)c1ccc(CN(O)Cc2ccc(OC)cc2)cc1. The molecule has 5 heteroatoms. The third kappa shape index (κ3) is 11.4. The first-order valence-electron chi connectivity index (χ1n) is 12.6. The van der Waals surface area contributed by atoms with Crippen molar-refractivity contribution in [3.8, 4) is 5.75 Å². The fraction of sp³-hybridized carbons (Fsp3) is 0.536. The summed E-state index contributed by atoms with van der Waals surface area (Å²) in [5.41, 5.74) is 2.61. The molecule has 0 aromatic heterocycles. The molecule has 0 spiro atoms. The lowest BCUT2D eigenvalue weighted by Crippen LogP contribution is -2.24. The Labute approximate surface area is 200 Å². The highest BCUT2D eigenvalue weighted by Crippen LogP contribution is 2.14. The molecule has 2 rings (SSSR count). The maximum absolute atomic E-state index is 12.4. The molecule has 0 bridgehead atoms. The molecule has 0 heterocycles. The number of unbranched alkanes of at least 4 members (excludes halogenated alkanes) is 9. The first-order valence-corrected chi connectivity index (χ1v) is 12.6. The van der Waals surface area contributed by atoms with Crippen molar-refractivity contribution in [2.75, 3.05) is 13.7 Å². The molecule has 1 amide bonds. The molecule has 5 nitrogen and oxygen atoms in total. The van der Waals surface area contributed by atoms with Gasteiger partial charge in [0.05, 0.1) is 7.11 Å². The van der Waals surface area contributed by atoms with Crippen molar-refractivity contribution in [3.63, 3.8) is 0 Å². The number of hydrogen-bond donors (Lipinski definition) is 2. The lowest BCUT2D eigenvalue weighted by Gasteiger charge is -2.15. The van der Waals surface area contributed by atoms with Gasteiger partial charge in [0.1, 0.15) is 5.75 Å². The number of carbonyl (C=O) groups is 1. The molecule has 0 atom stereocenters. The highest BCUT2D eigenvalue weighted by molar-refractivity contribution is 5.94. The van der Waals surface area contributed by atoms with Crippen molar-refractivity contribution in [2.45, 2.75) is 84.2 Å². The first kappa shape index (κ1) is 26.9. The molecule has 2 aromatic carbocycles. The molecule has 0 fully saturated rings. The van der Waals surface area contributed by atoms with Gasteiger partial charge in [-0.2, -0.15) is 5.06 Å². The van der Waals surface area contributed by atoms with Crippen molar-refractivity contribution in [2.24, 2.45) is 0 Å². The van der Waals surface area contributed by atoms with E-state index in [9.17, 15) is 10.0 Å². The first-order chi connectivity index (χ1) is 16.1. The summed E-state index contributed by atoms with van der Waals surface area (Å²) in [5.74, 6) is 0.766. The Morgan fingerprint density at radius 3 is 1.79 bits per heavy atom. The van der Waals surface area contributed by atoms with E-state index in [0.29, 0.717) is 18.7 Å². The number of rotatable bonds is 17. The van der Waals surface area contributed by atoms with Gasteiger partial charge in [0.15, 0.2) is 0 Å². The second-order valence-corrected chi connectivity index (χ2v) is 8.81. The Bertz CT molecular complexity index is 775. The average Bonchev–Trinajstić information content (AvgIpc) is 2.83. The van der Waals surface area contributed by atoms with Crippen LogP contribution in [0.15, 0.2) is 48.5 Å². The van der Waals surface area contributed by atoms with E-state index >= 15 is 0 Å². The van der Waals surface area contributed by atoms with Crippen LogP contribution in [0, 0.1) is 0 Å². The molecule has 0 aliphatic heterocycles. The maximum Gasteiger partial charge on any atom is 0.251 e. The van der Waals surface area contributed by atoms with Crippen molar-refractivity contribution >= 4 is 5.91 Å². The van der Waals surface area contributed by atoms with E-state index < -0.39 is 0 Å². The second-order valence-electron chi connectivity index (χ2n) is 8.81. The van der Waals surface area contributed by atoms with Crippen LogP contribution >= 0.6 is 0 Å². The zero-order chi connectivity index (χ0) is 23.7. The summed E-state index contributed by atoms with van der Waals surface area (Å²) in [7, 11) is 1.63. The molecule has 0 saturated carbocycles. The second kappa shape index (κ2) is 16.3. The zero-order valence-electron chi connectivity index (χ0n) is 20.5. The Balaban J connectivity index is 1.59. The number of amides is 1. The highest BCUT2D eigenvalue weighted by atomic mass is 16.5. The van der Waals surface area contributed by atoms with Crippen LogP contribution in [0.25, 0.3) is 0 Å². The molecule has 0 radical (unpaired) electrons. The minimum absolute atomic E-state index is 0.0310. The molecule has 33 heavy (non-hydrogen) atoms. The van der Waals surface area contributed by atoms with Gasteiger partial charge in [-0.05, 0) is 41.8 Å². The van der Waals surface area contributed by atoms with E-state index in [1.807, 2.05) is 48.5 Å². The van der Waals surface area contributed by atoms with Gasteiger partial charge < -0.3 is 15.3 Å². The molecule has 182 valence electrons. The molecule has 2 N–H and O–H groups in total. The summed E-state index contributed by atoms with van der Waals surface area (Å²) in [5, 5.41) is 14.5. The van der Waals surface area contributed by atoms with Gasteiger partial charge in [-0.1, -0.05) is 89.0 Å². The number of methoxy groups -OCH3 is 1. The number of hydroxylamine groups is 2. The van der Waals surface area contributed by atoms with Crippen LogP contribution in [-0.2, 0) is 13.1 Å². The third-order valence-corrected chi connectivity index (χ3v) is 5.92. The highest BCUT2D eigenvalue weighted by Gasteiger charge is 2.07. The molecular weight excluding hydrogens is 412 g/mol. The molecule has 0 saturated heterocycles. The van der Waals surface area contributed by atoms with Gasteiger partial charge in [-0.25, -0.2) is 0 Å². The smallest absolute Gasteiger partial charge is 0.251 e. The van der Waals surface area contributed by atoms with E-state index in [-0.39, 0.29) is 5.91 Å². The van der Waals surface area contributed by atoms with E-state index in [0.717, 1.165) is 29.8 Å². The van der Waals surface area contributed by atoms with Gasteiger partial charge in [0.25, 0.3) is 5.91 Å². The molecule has 0 unspecified atom stereocenters. The number of carbonyl (C=O) groups excluding carboxylic acids is 1. The summed E-state index contributed by atoms with van der Waals surface area (Å²) in [4.78, 5) is 12.4. The monoisotopic (exact) mass is 454 g/mol. The van der Waals surface area contributed by atoms with Crippen molar-refractivity contribution in [1.29, 1.82) is 0 Å². The molecule has 0 aliphatic rings. The quantitative estimate of drug-likeness (QED) is 0.205. The number of benzene rings is 2. The van der Waals surface area contributed by atoms with Gasteiger partial charge in [-0.15, -0.1) is 0 Å². The Hall–Kier alpha value is -2.37. The standard InChI is InChI=1S/C28H42N2O3/c1-3-4-5-6-7-8-9-10-11-12-21-29-28(31)26-17-13-24(14-18-26)22-30(32)23-25-15-19-27(33-2)20-16-25/h13-20,32H,3-12,21-23H2,1-2H3,(H,29,31). The van der Waals surface area contributed by atoms with E-state index in [1.165, 1.54) is 62.9 Å². The Morgan fingerprint density at radius 1 is 0.788 bits per heavy atom. The van der Waals surface area contributed by atoms with Crippen LogP contribution in [0.2, 0.25) is 0 Å². The lowest BCUT2D eigenvalue weighted by molar-refractivity contribution is -0.108. The summed E-state index contributed by atoms with van der Waals surface area (Å²) in [6, 6.07) is 15.1. The minimum atomic E-state index is -0.0310. The summed E-state index contributed by atoms with van der Waals surface area (Å²) in [6.45, 7) is 3.80. The fourth-order valence-electron chi connectivity index (χ4n) is 3.89. The van der Waals surface area contributed by atoms with Gasteiger partial charge in [0, 0.05) is 25.2 Å². The number of nitrogens with zero attached hydrogens (tertiary/aromatic N) is 1. The van der Waals surface area contributed by atoms with E-state index in [4.69, 9.17) is 4.74 Å². The fourth-order valence-corrected chi connectivity index (χ4v) is 3.89. The number of nitrogens with one attached hydrogen (secondary N) is 1. The largest absolute Gasteiger partial charge is 0.497 e. The van der Waals surface area contributed by atoms with Crippen molar-refractivity contribution < 1.29 is 14.7 Å². The van der Waals surface area contributed by atoms with Gasteiger partial charge in [0.2, 0.25) is 0 Å². The topological polar surface area (TPSA) is 61.8 Å². The van der Waals surface area contributed by atoms with Crippen LogP contribution in [0.4, 0.5) is 0 Å². The molecule has 2 aromatic rings. The van der Waals surface area contributed by atoms with Crippen LogP contribution < -0.4 is 10.1 Å². The predicted molar refractivity (Wildman–Crippen MR) is 135 cm³/mol. The van der Waals surface area contributed by atoms with Crippen LogP contribution in [0.3, 0.4) is 0 Å². The third-order valence-electron chi connectivity index (χ3n) is 5.92. The van der Waals surface area contributed by atoms with Crippen LogP contribution in [0.5, 0.6) is 5.75 Å². The van der Waals surface area contributed by atoms with Crippen molar-refractivity contribution in [3.05, 3.63) is 65.2 Å². The summed E-state index contributed by atoms with van der Waals surface area (Å²) < 4.78 is 5.16. The normalized spacial score (nSPS) is 11.0. The zero-order valence-corrected chi connectivity index (χ0v) is 20.5. The summed E-state index contributed by atoms with van der Waals surface area (Å²) in [6.07, 6.45) is 12.9. The molecule has 0 aliphatic carbocycles. The van der Waals surface area contributed by atoms with Crippen molar-refractivity contribution in [1.82, 2.24) is 10.4 Å². The van der Waals surface area contributed by atoms with Gasteiger partial charge in [-0.3, -0.25) is 4.79 Å². The van der Waals surface area contributed by atoms with E-state index in [1.54, 1.807) is 7.11 Å². The Kier molecular flexibility index (Phi) is 13.3. The van der Waals surface area contributed by atoms with Crippen LogP contribution in [-0.4, -0.2) is 29.8 Å². The predicted octanol–water partition coefficient (Wildman–Crippen LogP) is 6.74. The van der Waals surface area contributed by atoms with E-state index in [2.05, 4.69) is 12.2 Å². The minimum Gasteiger partial charge on any atom is -0.497 e. The van der Waals surface area contributed by atoms with Gasteiger partial charge >= 0.3 is 0 Å². The maximum atomic E-state index is 12.4. The number of ether oxygens (including phenoxy) is 1. The average molecular weight is 455 g/mol. The lowest BCUT2D eigenvalue weighted by atomic mass is 10.1. The number of hydrogen-bond acceptors (Lipinski definition) is 4. The van der Waals surface area contributed by atoms with Crippen LogP contribution in [0.1, 0.15) is 92.6 Å². The summed E-state index contributed by atoms with van der Waals surface area (Å²) >= 11 is 0.